The van der Waals surface area contributed by atoms with E-state index in [4.69, 9.17) is 5.73 Å². The van der Waals surface area contributed by atoms with Crippen LogP contribution in [0.3, 0.4) is 0 Å². The van der Waals surface area contributed by atoms with Crippen LogP contribution in [0, 0.1) is 0 Å². The van der Waals surface area contributed by atoms with Gasteiger partial charge in [-0.1, -0.05) is 26.0 Å². The van der Waals surface area contributed by atoms with Crippen LogP contribution in [0.2, 0.25) is 0 Å². The van der Waals surface area contributed by atoms with E-state index in [1.54, 1.807) is 0 Å². The van der Waals surface area contributed by atoms with Gasteiger partial charge in [0.2, 0.25) is 0 Å². The second-order valence-corrected chi connectivity index (χ2v) is 6.76. The molecule has 1 aromatic rings. The van der Waals surface area contributed by atoms with E-state index in [2.05, 4.69) is 50.1 Å². The second kappa shape index (κ2) is 5.54. The highest BCUT2D eigenvalue weighted by Gasteiger charge is 2.40. The monoisotopic (exact) mass is 264 g/mol. The average Bonchev–Trinajstić information content (AvgIpc) is 2.81. The quantitative estimate of drug-likeness (QED) is 0.906. The van der Waals surface area contributed by atoms with Crippen molar-refractivity contribution in [3.8, 4) is 0 Å². The summed E-state index contributed by atoms with van der Waals surface area (Å²) in [6.45, 7) is 5.22. The molecule has 0 radical (unpaired) electrons. The molecule has 3 heteroatoms. The van der Waals surface area contributed by atoms with E-state index in [-0.39, 0.29) is 5.54 Å². The van der Waals surface area contributed by atoms with Crippen molar-refractivity contribution in [2.75, 3.05) is 24.2 Å². The molecule has 1 heterocycles. The summed E-state index contributed by atoms with van der Waals surface area (Å²) in [5.74, 6) is 1.14. The summed E-state index contributed by atoms with van der Waals surface area (Å²) in [5, 5.41) is 0.714. The maximum Gasteiger partial charge on any atom is 0.0621 e. The third kappa shape index (κ3) is 2.52. The lowest BCUT2D eigenvalue weighted by atomic mass is 9.93. The molecule has 2 N–H and O–H groups in total. The molecule has 0 bridgehead atoms. The zero-order valence-electron chi connectivity index (χ0n) is 11.6. The van der Waals surface area contributed by atoms with Gasteiger partial charge < -0.3 is 10.6 Å². The van der Waals surface area contributed by atoms with Gasteiger partial charge >= 0.3 is 0 Å². The fourth-order valence-electron chi connectivity index (χ4n) is 2.69. The first-order valence-electron chi connectivity index (χ1n) is 6.76. The Morgan fingerprint density at radius 1 is 1.39 bits per heavy atom. The van der Waals surface area contributed by atoms with Gasteiger partial charge in [0.1, 0.15) is 0 Å². The SMILES string of the molecule is CCc1ccc(N(C)C2(CN)CSC(C)C2)cc1. The van der Waals surface area contributed by atoms with Crippen LogP contribution in [0.1, 0.15) is 25.8 Å². The van der Waals surface area contributed by atoms with Crippen molar-refractivity contribution < 1.29 is 0 Å². The Labute approximate surface area is 115 Å². The Bertz CT molecular complexity index is 390. The van der Waals surface area contributed by atoms with Gasteiger partial charge in [-0.3, -0.25) is 0 Å². The predicted octanol–water partition coefficient (Wildman–Crippen LogP) is 2.91. The zero-order valence-corrected chi connectivity index (χ0v) is 12.5. The van der Waals surface area contributed by atoms with Crippen molar-refractivity contribution in [1.82, 2.24) is 0 Å². The summed E-state index contributed by atoms with van der Waals surface area (Å²) in [4.78, 5) is 2.39. The lowest BCUT2D eigenvalue weighted by Gasteiger charge is -2.39. The number of hydrogen-bond donors (Lipinski definition) is 1. The number of nitrogens with zero attached hydrogens (tertiary/aromatic N) is 1. The fraction of sp³-hybridized carbons (Fsp3) is 0.600. The standard InChI is InChI=1S/C15H24N2S/c1-4-13-5-7-14(8-6-13)17(3)15(10-16)9-12(2)18-11-15/h5-8,12H,4,9-11,16H2,1-3H3. The molecule has 0 saturated carbocycles. The lowest BCUT2D eigenvalue weighted by Crippen LogP contribution is -2.53. The molecule has 100 valence electrons. The smallest absolute Gasteiger partial charge is 0.0621 e. The highest BCUT2D eigenvalue weighted by Crippen LogP contribution is 2.39. The maximum absolute atomic E-state index is 6.07. The van der Waals surface area contributed by atoms with Gasteiger partial charge in [0, 0.05) is 30.3 Å². The fourth-order valence-corrected chi connectivity index (χ4v) is 4.14. The van der Waals surface area contributed by atoms with E-state index in [1.165, 1.54) is 17.7 Å². The zero-order chi connectivity index (χ0) is 13.2. The van der Waals surface area contributed by atoms with Crippen LogP contribution in [0.5, 0.6) is 0 Å². The van der Waals surface area contributed by atoms with Crippen LogP contribution in [0.25, 0.3) is 0 Å². The molecular formula is C15H24N2S. The van der Waals surface area contributed by atoms with Crippen LogP contribution in [-0.4, -0.2) is 30.1 Å². The third-order valence-electron chi connectivity index (χ3n) is 4.13. The van der Waals surface area contributed by atoms with Crippen molar-refractivity contribution in [3.63, 3.8) is 0 Å². The Hall–Kier alpha value is -0.670. The first kappa shape index (κ1) is 13.8. The van der Waals surface area contributed by atoms with Crippen LogP contribution in [-0.2, 0) is 6.42 Å². The summed E-state index contributed by atoms with van der Waals surface area (Å²) < 4.78 is 0. The van der Waals surface area contributed by atoms with E-state index in [1.807, 2.05) is 11.8 Å². The summed E-state index contributed by atoms with van der Waals surface area (Å²) >= 11 is 2.04. The van der Waals surface area contributed by atoms with E-state index in [0.717, 1.165) is 18.7 Å². The highest BCUT2D eigenvalue weighted by atomic mass is 32.2. The number of anilines is 1. The average molecular weight is 264 g/mol. The minimum Gasteiger partial charge on any atom is -0.367 e. The molecule has 0 amide bonds. The summed E-state index contributed by atoms with van der Waals surface area (Å²) in [6.07, 6.45) is 2.28. The molecular weight excluding hydrogens is 240 g/mol. The number of thioether (sulfide) groups is 1. The molecule has 1 aliphatic rings. The predicted molar refractivity (Wildman–Crippen MR) is 82.5 cm³/mol. The van der Waals surface area contributed by atoms with Gasteiger partial charge in [-0.2, -0.15) is 11.8 Å². The van der Waals surface area contributed by atoms with E-state index in [9.17, 15) is 0 Å². The van der Waals surface area contributed by atoms with Crippen molar-refractivity contribution in [2.45, 2.75) is 37.5 Å². The molecule has 1 aliphatic heterocycles. The van der Waals surface area contributed by atoms with Crippen LogP contribution < -0.4 is 10.6 Å². The van der Waals surface area contributed by atoms with Crippen molar-refractivity contribution in [3.05, 3.63) is 29.8 Å². The van der Waals surface area contributed by atoms with E-state index in [0.29, 0.717) is 5.25 Å². The van der Waals surface area contributed by atoms with E-state index >= 15 is 0 Å². The number of nitrogens with two attached hydrogens (primary N) is 1. The molecule has 1 fully saturated rings. The summed E-state index contributed by atoms with van der Waals surface area (Å²) in [7, 11) is 2.19. The minimum atomic E-state index is 0.137. The summed E-state index contributed by atoms with van der Waals surface area (Å²) in [5.41, 5.74) is 8.88. The normalized spacial score (nSPS) is 27.4. The molecule has 2 nitrogen and oxygen atoms in total. The number of rotatable bonds is 4. The highest BCUT2D eigenvalue weighted by molar-refractivity contribution is 8.00. The van der Waals surface area contributed by atoms with Crippen LogP contribution >= 0.6 is 11.8 Å². The number of likely N-dealkylation sites (N-methyl/N-ethyl adjacent to an activating group) is 1. The van der Waals surface area contributed by atoms with Crippen molar-refractivity contribution in [1.29, 1.82) is 0 Å². The van der Waals surface area contributed by atoms with Gasteiger partial charge in [-0.25, -0.2) is 0 Å². The van der Waals surface area contributed by atoms with Crippen molar-refractivity contribution in [2.24, 2.45) is 5.73 Å². The molecule has 2 unspecified atom stereocenters. The number of benzene rings is 1. The number of aryl methyl sites for hydroxylation is 1. The lowest BCUT2D eigenvalue weighted by molar-refractivity contribution is 0.446. The van der Waals surface area contributed by atoms with E-state index < -0.39 is 0 Å². The first-order valence-corrected chi connectivity index (χ1v) is 7.80. The third-order valence-corrected chi connectivity index (χ3v) is 5.57. The second-order valence-electron chi connectivity index (χ2n) is 5.33. The van der Waals surface area contributed by atoms with Gasteiger partial charge in [-0.15, -0.1) is 0 Å². The molecule has 0 aromatic heterocycles. The maximum atomic E-state index is 6.07. The Kier molecular flexibility index (Phi) is 4.23. The Morgan fingerprint density at radius 3 is 2.50 bits per heavy atom. The van der Waals surface area contributed by atoms with Crippen LogP contribution in [0.15, 0.2) is 24.3 Å². The first-order chi connectivity index (χ1) is 8.61. The van der Waals surface area contributed by atoms with Crippen LogP contribution in [0.4, 0.5) is 5.69 Å². The molecule has 1 saturated heterocycles. The topological polar surface area (TPSA) is 29.3 Å². The Morgan fingerprint density at radius 2 is 2.06 bits per heavy atom. The van der Waals surface area contributed by atoms with Gasteiger partial charge in [0.05, 0.1) is 5.54 Å². The van der Waals surface area contributed by atoms with Gasteiger partial charge in [0.25, 0.3) is 0 Å². The summed E-state index contributed by atoms with van der Waals surface area (Å²) in [6, 6.07) is 8.90. The molecule has 1 aromatic carbocycles. The molecule has 18 heavy (non-hydrogen) atoms. The molecule has 0 aliphatic carbocycles. The molecule has 2 atom stereocenters. The largest absolute Gasteiger partial charge is 0.367 e. The van der Waals surface area contributed by atoms with Gasteiger partial charge in [-0.05, 0) is 30.5 Å². The molecule has 2 rings (SSSR count). The minimum absolute atomic E-state index is 0.137. The Balaban J connectivity index is 2.20. The molecule has 0 spiro atoms. The van der Waals surface area contributed by atoms with Gasteiger partial charge in [0.15, 0.2) is 0 Å². The number of hydrogen-bond acceptors (Lipinski definition) is 3. The van der Waals surface area contributed by atoms with Crippen molar-refractivity contribution >= 4 is 17.4 Å².